The Labute approximate surface area is 210 Å². The van der Waals surface area contributed by atoms with E-state index in [1.54, 1.807) is 18.7 Å². The van der Waals surface area contributed by atoms with Gasteiger partial charge < -0.3 is 20.1 Å². The average Bonchev–Trinajstić information content (AvgIpc) is 3.42. The normalized spacial score (nSPS) is 21.8. The third kappa shape index (κ3) is 5.43. The topological polar surface area (TPSA) is 106 Å². The van der Waals surface area contributed by atoms with Gasteiger partial charge in [-0.05, 0) is 52.3 Å². The standard InChI is InChI=1S/C26H34FN5O4/c1-16(2)23(33)31-18-12-17(27)6-7-19(18)35-20-13-29-15-30-21(20)22-26(8-10-28-14-26)9-11-32(22)24(34)36-25(3,4)5/h6-7,12-13,15-16,22,28H,8-11,14H2,1-5H3,(H,31,33). The molecule has 2 amide bonds. The van der Waals surface area contributed by atoms with Crippen molar-refractivity contribution in [1.82, 2.24) is 20.2 Å². The highest BCUT2D eigenvalue weighted by atomic mass is 19.1. The molecule has 2 saturated heterocycles. The second-order valence-corrected chi connectivity index (χ2v) is 10.8. The summed E-state index contributed by atoms with van der Waals surface area (Å²) >= 11 is 0. The predicted octanol–water partition coefficient (Wildman–Crippen LogP) is 4.66. The summed E-state index contributed by atoms with van der Waals surface area (Å²) in [5.74, 6) is -0.489. The quantitative estimate of drug-likeness (QED) is 0.616. The van der Waals surface area contributed by atoms with Crippen LogP contribution in [-0.2, 0) is 9.53 Å². The van der Waals surface area contributed by atoms with Crippen LogP contribution in [0, 0.1) is 17.2 Å². The molecule has 10 heteroatoms. The SMILES string of the molecule is CC(C)C(=O)Nc1cc(F)ccc1Oc1cncnc1C1N(C(=O)OC(C)(C)C)CCC12CCNC2. The van der Waals surface area contributed by atoms with Crippen LogP contribution >= 0.6 is 0 Å². The van der Waals surface area contributed by atoms with Crippen molar-refractivity contribution in [3.63, 3.8) is 0 Å². The molecule has 4 rings (SSSR count). The highest BCUT2D eigenvalue weighted by molar-refractivity contribution is 5.93. The largest absolute Gasteiger partial charge is 0.452 e. The molecule has 0 radical (unpaired) electrons. The van der Waals surface area contributed by atoms with E-state index < -0.39 is 23.6 Å². The molecule has 1 aromatic heterocycles. The number of nitrogens with zero attached hydrogens (tertiary/aromatic N) is 3. The van der Waals surface area contributed by atoms with E-state index in [1.165, 1.54) is 30.7 Å². The number of amides is 2. The van der Waals surface area contributed by atoms with Crippen molar-refractivity contribution in [3.8, 4) is 11.5 Å². The van der Waals surface area contributed by atoms with Gasteiger partial charge in [0.25, 0.3) is 0 Å². The number of ether oxygens (including phenoxy) is 2. The number of anilines is 1. The Kier molecular flexibility index (Phi) is 7.17. The molecule has 0 aliphatic carbocycles. The van der Waals surface area contributed by atoms with Gasteiger partial charge in [-0.1, -0.05) is 13.8 Å². The minimum atomic E-state index is -0.645. The van der Waals surface area contributed by atoms with Crippen molar-refractivity contribution < 1.29 is 23.5 Å². The highest BCUT2D eigenvalue weighted by Crippen LogP contribution is 2.52. The number of likely N-dealkylation sites (tertiary alicyclic amines) is 1. The van der Waals surface area contributed by atoms with Crippen molar-refractivity contribution in [2.75, 3.05) is 25.0 Å². The van der Waals surface area contributed by atoms with Gasteiger partial charge in [-0.25, -0.2) is 19.2 Å². The molecule has 3 heterocycles. The first-order valence-electron chi connectivity index (χ1n) is 12.3. The summed E-state index contributed by atoms with van der Waals surface area (Å²) in [6.07, 6.45) is 4.20. The molecule has 36 heavy (non-hydrogen) atoms. The molecule has 194 valence electrons. The summed E-state index contributed by atoms with van der Waals surface area (Å²) in [6.45, 7) is 11.1. The van der Waals surface area contributed by atoms with E-state index >= 15 is 0 Å². The van der Waals surface area contributed by atoms with Crippen molar-refractivity contribution in [3.05, 3.63) is 42.2 Å². The van der Waals surface area contributed by atoms with Crippen LogP contribution < -0.4 is 15.4 Å². The summed E-state index contributed by atoms with van der Waals surface area (Å²) < 4.78 is 26.0. The Balaban J connectivity index is 1.72. The van der Waals surface area contributed by atoms with Crippen LogP contribution in [0.5, 0.6) is 11.5 Å². The van der Waals surface area contributed by atoms with Crippen LogP contribution in [0.1, 0.15) is 59.2 Å². The maximum atomic E-state index is 14.0. The molecule has 2 fully saturated rings. The van der Waals surface area contributed by atoms with Gasteiger partial charge in [0.15, 0.2) is 11.5 Å². The number of benzene rings is 1. The van der Waals surface area contributed by atoms with E-state index in [2.05, 4.69) is 20.6 Å². The second-order valence-electron chi connectivity index (χ2n) is 10.8. The van der Waals surface area contributed by atoms with Crippen molar-refractivity contribution in [2.45, 2.75) is 59.1 Å². The molecule has 0 bridgehead atoms. The highest BCUT2D eigenvalue weighted by Gasteiger charge is 2.53. The molecule has 2 aromatic rings. The number of nitrogens with one attached hydrogen (secondary N) is 2. The van der Waals surface area contributed by atoms with Crippen LogP contribution in [0.3, 0.4) is 0 Å². The zero-order chi connectivity index (χ0) is 26.1. The van der Waals surface area contributed by atoms with Crippen LogP contribution in [0.15, 0.2) is 30.7 Å². The monoisotopic (exact) mass is 499 g/mol. The molecule has 1 spiro atoms. The van der Waals surface area contributed by atoms with Gasteiger partial charge >= 0.3 is 6.09 Å². The van der Waals surface area contributed by atoms with Gasteiger partial charge in [0.1, 0.15) is 23.4 Å². The van der Waals surface area contributed by atoms with Gasteiger partial charge in [0, 0.05) is 30.5 Å². The van der Waals surface area contributed by atoms with Gasteiger partial charge in [-0.2, -0.15) is 0 Å². The minimum absolute atomic E-state index is 0.205. The van der Waals surface area contributed by atoms with Crippen LogP contribution in [0.25, 0.3) is 0 Å². The number of carbonyl (C=O) groups is 2. The number of hydrogen-bond acceptors (Lipinski definition) is 7. The van der Waals surface area contributed by atoms with Gasteiger partial charge in [0.05, 0.1) is 17.9 Å². The zero-order valence-corrected chi connectivity index (χ0v) is 21.4. The lowest BCUT2D eigenvalue weighted by molar-refractivity contribution is -0.118. The second kappa shape index (κ2) is 10.0. The maximum absolute atomic E-state index is 14.0. The molecular weight excluding hydrogens is 465 g/mol. The number of halogens is 1. The van der Waals surface area contributed by atoms with E-state index in [1.807, 2.05) is 20.8 Å². The Hall–Kier alpha value is -3.27. The Morgan fingerprint density at radius 3 is 2.69 bits per heavy atom. The zero-order valence-electron chi connectivity index (χ0n) is 21.4. The molecule has 2 aliphatic rings. The molecule has 1 aromatic carbocycles. The predicted molar refractivity (Wildman–Crippen MR) is 132 cm³/mol. The Morgan fingerprint density at radius 1 is 1.25 bits per heavy atom. The third-order valence-corrected chi connectivity index (χ3v) is 6.56. The fourth-order valence-corrected chi connectivity index (χ4v) is 4.80. The molecular formula is C26H34FN5O4. The Bertz CT molecular complexity index is 1130. The Morgan fingerprint density at radius 2 is 2.03 bits per heavy atom. The van der Waals surface area contributed by atoms with E-state index in [-0.39, 0.29) is 28.7 Å². The van der Waals surface area contributed by atoms with Crippen molar-refractivity contribution in [2.24, 2.45) is 11.3 Å². The summed E-state index contributed by atoms with van der Waals surface area (Å²) in [6, 6.07) is 3.52. The van der Waals surface area contributed by atoms with Crippen LogP contribution in [0.2, 0.25) is 0 Å². The van der Waals surface area contributed by atoms with Gasteiger partial charge in [0.2, 0.25) is 5.91 Å². The number of aromatic nitrogens is 2. The van der Waals surface area contributed by atoms with E-state index in [0.717, 1.165) is 25.9 Å². The van der Waals surface area contributed by atoms with E-state index in [0.29, 0.717) is 18.0 Å². The molecule has 9 nitrogen and oxygen atoms in total. The first kappa shape index (κ1) is 25.8. The first-order valence-corrected chi connectivity index (χ1v) is 12.3. The molecule has 2 unspecified atom stereocenters. The smallest absolute Gasteiger partial charge is 0.410 e. The van der Waals surface area contributed by atoms with E-state index in [9.17, 15) is 14.0 Å². The van der Waals surface area contributed by atoms with Gasteiger partial charge in [-0.3, -0.25) is 9.69 Å². The summed E-state index contributed by atoms with van der Waals surface area (Å²) in [5.41, 5.74) is -0.131. The molecule has 2 atom stereocenters. The van der Waals surface area contributed by atoms with Crippen LogP contribution in [0.4, 0.5) is 14.9 Å². The minimum Gasteiger partial charge on any atom is -0.452 e. The lowest BCUT2D eigenvalue weighted by Gasteiger charge is -2.35. The lowest BCUT2D eigenvalue weighted by atomic mass is 9.78. The van der Waals surface area contributed by atoms with E-state index in [4.69, 9.17) is 9.47 Å². The fraction of sp³-hybridized carbons (Fsp3) is 0.538. The van der Waals surface area contributed by atoms with Gasteiger partial charge in [-0.15, -0.1) is 0 Å². The summed E-state index contributed by atoms with van der Waals surface area (Å²) in [4.78, 5) is 36.0. The average molecular weight is 500 g/mol. The fourth-order valence-electron chi connectivity index (χ4n) is 4.80. The number of hydrogen-bond donors (Lipinski definition) is 2. The first-order chi connectivity index (χ1) is 17.0. The maximum Gasteiger partial charge on any atom is 0.410 e. The number of carbonyl (C=O) groups excluding carboxylic acids is 2. The van der Waals surface area contributed by atoms with Crippen LogP contribution in [-0.4, -0.2) is 52.1 Å². The molecule has 0 saturated carbocycles. The molecule has 2 N–H and O–H groups in total. The third-order valence-electron chi connectivity index (χ3n) is 6.56. The summed E-state index contributed by atoms with van der Waals surface area (Å²) in [7, 11) is 0. The molecule has 2 aliphatic heterocycles. The lowest BCUT2D eigenvalue weighted by Crippen LogP contribution is -2.40. The summed E-state index contributed by atoms with van der Waals surface area (Å²) in [5, 5.41) is 6.15. The van der Waals surface area contributed by atoms with Crippen molar-refractivity contribution in [1.29, 1.82) is 0 Å². The number of rotatable bonds is 5. The van der Waals surface area contributed by atoms with Crippen molar-refractivity contribution >= 4 is 17.7 Å².